The van der Waals surface area contributed by atoms with Crippen molar-refractivity contribution in [1.29, 1.82) is 0 Å². The molecule has 1 N–H and O–H groups in total. The van der Waals surface area contributed by atoms with Gasteiger partial charge in [-0.15, -0.1) is 11.3 Å². The molecule has 0 radical (unpaired) electrons. The quantitative estimate of drug-likeness (QED) is 0.327. The van der Waals surface area contributed by atoms with Gasteiger partial charge >= 0.3 is 12.2 Å². The van der Waals surface area contributed by atoms with Crippen molar-refractivity contribution in [3.05, 3.63) is 65.2 Å². The summed E-state index contributed by atoms with van der Waals surface area (Å²) >= 11 is 1.61. The minimum absolute atomic E-state index is 0.0833. The van der Waals surface area contributed by atoms with Gasteiger partial charge in [0.05, 0.1) is 0 Å². The van der Waals surface area contributed by atoms with Crippen molar-refractivity contribution >= 4 is 40.8 Å². The third kappa shape index (κ3) is 8.53. The molecule has 3 heterocycles. The summed E-state index contributed by atoms with van der Waals surface area (Å²) in [4.78, 5) is 47.6. The molecule has 2 aromatic heterocycles. The fourth-order valence-corrected chi connectivity index (χ4v) is 5.05. The summed E-state index contributed by atoms with van der Waals surface area (Å²) in [6, 6.07) is 13.3. The third-order valence-corrected chi connectivity index (χ3v) is 7.14. The smallest absolute Gasteiger partial charge is 0.412 e. The van der Waals surface area contributed by atoms with Crippen molar-refractivity contribution in [3.63, 3.8) is 0 Å². The van der Waals surface area contributed by atoms with Gasteiger partial charge in [-0.25, -0.2) is 14.6 Å². The number of amides is 2. The van der Waals surface area contributed by atoms with Crippen molar-refractivity contribution in [3.8, 4) is 10.4 Å². The maximum absolute atomic E-state index is 13.3. The number of ether oxygens (including phenoxy) is 2. The van der Waals surface area contributed by atoms with Gasteiger partial charge < -0.3 is 19.3 Å². The van der Waals surface area contributed by atoms with Gasteiger partial charge in [0.1, 0.15) is 17.0 Å². The van der Waals surface area contributed by atoms with Crippen LogP contribution < -0.4 is 10.2 Å². The summed E-state index contributed by atoms with van der Waals surface area (Å²) in [6.45, 7) is 13.3. The van der Waals surface area contributed by atoms with Crippen molar-refractivity contribution in [1.82, 2.24) is 9.88 Å². The molecule has 0 saturated carbocycles. The maximum Gasteiger partial charge on any atom is 0.412 e. The van der Waals surface area contributed by atoms with Gasteiger partial charge in [-0.05, 0) is 88.4 Å². The topological polar surface area (TPSA) is 101 Å². The molecule has 1 aliphatic heterocycles. The van der Waals surface area contributed by atoms with Crippen LogP contribution >= 0.6 is 11.3 Å². The lowest BCUT2D eigenvalue weighted by atomic mass is 10.00. The number of Topliss-reactive ketones (excluding diaryl/α,β-unsaturated/α-hetero) is 1. The van der Waals surface area contributed by atoms with E-state index in [4.69, 9.17) is 9.47 Å². The Bertz CT molecular complexity index is 1370. The van der Waals surface area contributed by atoms with Crippen LogP contribution in [0.25, 0.3) is 10.4 Å². The number of hydrogen-bond acceptors (Lipinski definition) is 8. The second-order valence-electron chi connectivity index (χ2n) is 11.9. The number of nitrogens with one attached hydrogen (secondary N) is 1. The molecule has 218 valence electrons. The van der Waals surface area contributed by atoms with Crippen LogP contribution in [-0.2, 0) is 15.9 Å². The maximum atomic E-state index is 13.3. The first-order valence-corrected chi connectivity index (χ1v) is 14.5. The Balaban J connectivity index is 1.44. The molecule has 0 atom stereocenters. The molecule has 9 nitrogen and oxygen atoms in total. The average molecular weight is 579 g/mol. The van der Waals surface area contributed by atoms with Gasteiger partial charge in [0.15, 0.2) is 5.78 Å². The predicted molar refractivity (Wildman–Crippen MR) is 162 cm³/mol. The minimum Gasteiger partial charge on any atom is -0.444 e. The van der Waals surface area contributed by atoms with E-state index >= 15 is 0 Å². The molecular formula is C31H38N4O5S. The third-order valence-electron chi connectivity index (χ3n) is 6.22. The number of nitrogens with zero attached hydrogens (tertiary/aromatic N) is 3. The summed E-state index contributed by atoms with van der Waals surface area (Å²) in [5, 5.41) is 4.80. The number of piperazine rings is 1. The van der Waals surface area contributed by atoms with Gasteiger partial charge in [0.2, 0.25) is 0 Å². The van der Waals surface area contributed by atoms with Crippen LogP contribution in [0.15, 0.2) is 54.0 Å². The number of benzene rings is 1. The van der Waals surface area contributed by atoms with Crippen molar-refractivity contribution < 1.29 is 23.9 Å². The Morgan fingerprint density at radius 1 is 0.927 bits per heavy atom. The van der Waals surface area contributed by atoms with E-state index < -0.39 is 17.3 Å². The van der Waals surface area contributed by atoms with Crippen LogP contribution in [-0.4, -0.2) is 65.2 Å². The van der Waals surface area contributed by atoms with E-state index in [9.17, 15) is 14.4 Å². The first kappa shape index (κ1) is 30.0. The molecule has 1 aliphatic rings. The number of carbonyl (C=O) groups is 3. The SMILES string of the molecule is CC(C)(C)OC(=O)Nc1ccc(-c2cccs2)cc1CC(=O)c1ccc(N2CCN(C(=O)OC(C)(C)C)CC2)nc1. The number of rotatable bonds is 6. The Morgan fingerprint density at radius 3 is 2.22 bits per heavy atom. The zero-order valence-corrected chi connectivity index (χ0v) is 25.3. The first-order chi connectivity index (χ1) is 19.3. The van der Waals surface area contributed by atoms with Crippen LogP contribution in [0.4, 0.5) is 21.1 Å². The second kappa shape index (κ2) is 12.3. The highest BCUT2D eigenvalue weighted by atomic mass is 32.1. The van der Waals surface area contributed by atoms with E-state index in [1.165, 1.54) is 0 Å². The number of ketones is 1. The summed E-state index contributed by atoms with van der Waals surface area (Å²) in [7, 11) is 0. The molecule has 2 amide bonds. The number of carbonyl (C=O) groups excluding carboxylic acids is 3. The molecule has 10 heteroatoms. The van der Waals surface area contributed by atoms with Crippen LogP contribution in [0.5, 0.6) is 0 Å². The van der Waals surface area contributed by atoms with E-state index in [1.807, 2.05) is 56.5 Å². The molecule has 0 aliphatic carbocycles. The van der Waals surface area contributed by atoms with Crippen LogP contribution in [0.2, 0.25) is 0 Å². The number of thiophene rings is 1. The zero-order chi connectivity index (χ0) is 29.8. The Morgan fingerprint density at radius 2 is 1.63 bits per heavy atom. The summed E-state index contributed by atoms with van der Waals surface area (Å²) in [5.41, 5.74) is 1.49. The molecule has 1 fully saturated rings. The first-order valence-electron chi connectivity index (χ1n) is 13.7. The highest BCUT2D eigenvalue weighted by molar-refractivity contribution is 7.13. The minimum atomic E-state index is -0.646. The van der Waals surface area contributed by atoms with Crippen molar-refractivity contribution in [2.45, 2.75) is 59.2 Å². The van der Waals surface area contributed by atoms with Gasteiger partial charge in [-0.3, -0.25) is 10.1 Å². The molecular weight excluding hydrogens is 540 g/mol. The highest BCUT2D eigenvalue weighted by Gasteiger charge is 2.26. The molecule has 1 saturated heterocycles. The predicted octanol–water partition coefficient (Wildman–Crippen LogP) is 6.64. The lowest BCUT2D eigenvalue weighted by molar-refractivity contribution is 0.0240. The number of pyridine rings is 1. The molecule has 1 aromatic carbocycles. The lowest BCUT2D eigenvalue weighted by Gasteiger charge is -2.36. The van der Waals surface area contributed by atoms with Crippen molar-refractivity contribution in [2.75, 3.05) is 36.4 Å². The van der Waals surface area contributed by atoms with Gasteiger partial charge in [0, 0.05) is 54.9 Å². The average Bonchev–Trinajstić information content (AvgIpc) is 3.43. The Hall–Kier alpha value is -3.92. The van der Waals surface area contributed by atoms with Gasteiger partial charge in [-0.2, -0.15) is 0 Å². The van der Waals surface area contributed by atoms with Crippen molar-refractivity contribution in [2.24, 2.45) is 0 Å². The second-order valence-corrected chi connectivity index (χ2v) is 12.9. The number of hydrogen-bond donors (Lipinski definition) is 1. The molecule has 0 unspecified atom stereocenters. The number of anilines is 2. The number of aromatic nitrogens is 1. The Labute approximate surface area is 245 Å². The van der Waals surface area contributed by atoms with E-state index in [1.54, 1.807) is 55.3 Å². The van der Waals surface area contributed by atoms with Gasteiger partial charge in [-0.1, -0.05) is 12.1 Å². The fraction of sp³-hybridized carbons (Fsp3) is 0.419. The largest absolute Gasteiger partial charge is 0.444 e. The molecule has 3 aromatic rings. The molecule has 41 heavy (non-hydrogen) atoms. The summed E-state index contributed by atoms with van der Waals surface area (Å²) in [5.74, 6) is 0.631. The van der Waals surface area contributed by atoms with E-state index in [-0.39, 0.29) is 18.3 Å². The van der Waals surface area contributed by atoms with Crippen LogP contribution in [0.1, 0.15) is 57.5 Å². The summed E-state index contributed by atoms with van der Waals surface area (Å²) in [6.07, 6.45) is 0.782. The lowest BCUT2D eigenvalue weighted by Crippen LogP contribution is -2.50. The standard InChI is InChI=1S/C31H38N4O5S/c1-30(2,3)39-28(37)33-24-11-9-21(26-8-7-17-41-26)18-23(24)19-25(36)22-10-12-27(32-20-22)34-13-15-35(16-14-34)29(38)40-31(4,5)6/h7-12,17-18,20H,13-16,19H2,1-6H3,(H,33,37). The Kier molecular flexibility index (Phi) is 9.01. The van der Waals surface area contributed by atoms with E-state index in [2.05, 4.69) is 15.2 Å². The highest BCUT2D eigenvalue weighted by Crippen LogP contribution is 2.30. The van der Waals surface area contributed by atoms with E-state index in [0.717, 1.165) is 16.3 Å². The summed E-state index contributed by atoms with van der Waals surface area (Å²) < 4.78 is 10.9. The monoisotopic (exact) mass is 578 g/mol. The van der Waals surface area contributed by atoms with Crippen LogP contribution in [0, 0.1) is 0 Å². The fourth-order valence-electron chi connectivity index (χ4n) is 4.33. The molecule has 0 bridgehead atoms. The molecule has 4 rings (SSSR count). The molecule has 0 spiro atoms. The van der Waals surface area contributed by atoms with Gasteiger partial charge in [0.25, 0.3) is 0 Å². The van der Waals surface area contributed by atoms with Crippen LogP contribution in [0.3, 0.4) is 0 Å². The van der Waals surface area contributed by atoms with E-state index in [0.29, 0.717) is 43.0 Å². The zero-order valence-electron chi connectivity index (χ0n) is 24.5. The normalized spacial score (nSPS) is 14.0.